The normalized spacial score (nSPS) is 14.5. The van der Waals surface area contributed by atoms with Gasteiger partial charge in [0.2, 0.25) is 5.91 Å². The summed E-state index contributed by atoms with van der Waals surface area (Å²) in [6, 6.07) is 11.9. The molecule has 1 aliphatic rings. The Balaban J connectivity index is 1.29. The number of benzene rings is 2. The number of halogens is 1. The molecular weight excluding hydrogens is 497 g/mol. The Morgan fingerprint density at radius 1 is 1.16 bits per heavy atom. The van der Waals surface area contributed by atoms with Crippen molar-refractivity contribution in [2.75, 3.05) is 17.7 Å². The van der Waals surface area contributed by atoms with E-state index >= 15 is 0 Å². The molecule has 0 bridgehead atoms. The van der Waals surface area contributed by atoms with Crippen LogP contribution < -0.4 is 10.9 Å². The van der Waals surface area contributed by atoms with Gasteiger partial charge in [0.05, 0.1) is 30.1 Å². The molecular formula is C26H24FN5O4S. The van der Waals surface area contributed by atoms with Crippen LogP contribution in [0.5, 0.6) is 0 Å². The lowest BCUT2D eigenvalue weighted by molar-refractivity contribution is -0.116. The van der Waals surface area contributed by atoms with Gasteiger partial charge in [0.25, 0.3) is 5.56 Å². The molecule has 2 aromatic carbocycles. The summed E-state index contributed by atoms with van der Waals surface area (Å²) in [7, 11) is 0. The van der Waals surface area contributed by atoms with Crippen molar-refractivity contribution < 1.29 is 18.7 Å². The Morgan fingerprint density at radius 2 is 1.92 bits per heavy atom. The molecule has 0 fully saturated rings. The average molecular weight is 522 g/mol. The first kappa shape index (κ1) is 24.7. The van der Waals surface area contributed by atoms with Crippen molar-refractivity contribution in [3.05, 3.63) is 76.5 Å². The standard InChI is InChI=1S/C26H24FN5O4S/c1-2-3-12-36-25(35)16-4-8-18(9-5-16)29-22(33)13-20-15-37-26-30-23-21(24(34)31(20)26)14-28-32(23)19-10-6-17(27)7-11-19/h4-11,14,20H,2-3,12-13,15H2,1H3,(H,29,33). The number of hydrogen-bond donors (Lipinski definition) is 1. The van der Waals surface area contributed by atoms with Crippen LogP contribution in [-0.4, -0.2) is 43.6 Å². The van der Waals surface area contributed by atoms with Gasteiger partial charge >= 0.3 is 5.97 Å². The zero-order valence-corrected chi connectivity index (χ0v) is 20.8. The number of anilines is 1. The lowest BCUT2D eigenvalue weighted by Crippen LogP contribution is -2.27. The maximum atomic E-state index is 13.3. The summed E-state index contributed by atoms with van der Waals surface area (Å²) in [5.74, 6) is -0.501. The van der Waals surface area contributed by atoms with Gasteiger partial charge in [-0.3, -0.25) is 14.2 Å². The van der Waals surface area contributed by atoms with Crippen molar-refractivity contribution in [3.63, 3.8) is 0 Å². The van der Waals surface area contributed by atoms with Crippen molar-refractivity contribution in [1.82, 2.24) is 19.3 Å². The molecule has 0 saturated heterocycles. The second kappa shape index (κ2) is 10.6. The SMILES string of the molecule is CCCCOC(=O)c1ccc(NC(=O)CC2CSc3nc4c(cnn4-c4ccc(F)cc4)c(=O)n32)cc1. The molecule has 0 saturated carbocycles. The Kier molecular flexibility index (Phi) is 7.04. The van der Waals surface area contributed by atoms with E-state index in [1.807, 2.05) is 6.92 Å². The number of aromatic nitrogens is 4. The number of thioether (sulfide) groups is 1. The van der Waals surface area contributed by atoms with Crippen LogP contribution in [0.15, 0.2) is 64.7 Å². The highest BCUT2D eigenvalue weighted by molar-refractivity contribution is 7.99. The first-order chi connectivity index (χ1) is 17.9. The fraction of sp³-hybridized carbons (Fsp3) is 0.269. The van der Waals surface area contributed by atoms with E-state index in [4.69, 9.17) is 4.74 Å². The van der Waals surface area contributed by atoms with E-state index in [9.17, 15) is 18.8 Å². The molecule has 4 aromatic rings. The minimum atomic E-state index is -0.396. The number of rotatable bonds is 8. The molecule has 11 heteroatoms. The molecule has 1 unspecified atom stereocenters. The average Bonchev–Trinajstić information content (AvgIpc) is 3.50. The fourth-order valence-electron chi connectivity index (χ4n) is 4.06. The summed E-state index contributed by atoms with van der Waals surface area (Å²) >= 11 is 1.40. The summed E-state index contributed by atoms with van der Waals surface area (Å²) in [6.07, 6.45) is 3.27. The van der Waals surface area contributed by atoms with E-state index in [1.54, 1.807) is 41.0 Å². The van der Waals surface area contributed by atoms with Crippen molar-refractivity contribution in [2.24, 2.45) is 0 Å². The summed E-state index contributed by atoms with van der Waals surface area (Å²) < 4.78 is 21.6. The van der Waals surface area contributed by atoms with Gasteiger partial charge in [-0.05, 0) is 55.0 Å². The number of nitrogens with one attached hydrogen (secondary N) is 1. The summed E-state index contributed by atoms with van der Waals surface area (Å²) in [5.41, 5.74) is 1.66. The van der Waals surface area contributed by atoms with Crippen LogP contribution in [0, 0.1) is 5.82 Å². The Bertz CT molecular complexity index is 1520. The Morgan fingerprint density at radius 3 is 2.65 bits per heavy atom. The van der Waals surface area contributed by atoms with Gasteiger partial charge in [0.1, 0.15) is 11.2 Å². The molecule has 0 radical (unpaired) electrons. The van der Waals surface area contributed by atoms with E-state index in [0.717, 1.165) is 12.8 Å². The first-order valence-electron chi connectivity index (χ1n) is 11.9. The van der Waals surface area contributed by atoms with E-state index < -0.39 is 5.97 Å². The predicted octanol–water partition coefficient (Wildman–Crippen LogP) is 4.35. The molecule has 9 nitrogen and oxygen atoms in total. The Labute approximate surface area is 215 Å². The van der Waals surface area contributed by atoms with Gasteiger partial charge < -0.3 is 10.1 Å². The van der Waals surface area contributed by atoms with Gasteiger partial charge in [-0.15, -0.1) is 0 Å². The van der Waals surface area contributed by atoms with Crippen molar-refractivity contribution in [3.8, 4) is 5.69 Å². The second-order valence-electron chi connectivity index (χ2n) is 8.62. The van der Waals surface area contributed by atoms with Crippen LogP contribution in [0.1, 0.15) is 42.6 Å². The third-order valence-electron chi connectivity index (χ3n) is 6.00. The molecule has 1 amide bonds. The van der Waals surface area contributed by atoms with Crippen LogP contribution in [0.25, 0.3) is 16.7 Å². The summed E-state index contributed by atoms with van der Waals surface area (Å²) in [4.78, 5) is 42.7. The van der Waals surface area contributed by atoms with Crippen LogP contribution in [-0.2, 0) is 9.53 Å². The number of ether oxygens (including phenoxy) is 1. The van der Waals surface area contributed by atoms with Crippen LogP contribution in [0.2, 0.25) is 0 Å². The van der Waals surface area contributed by atoms with Crippen molar-refractivity contribution >= 4 is 40.4 Å². The zero-order chi connectivity index (χ0) is 25.9. The lowest BCUT2D eigenvalue weighted by Gasteiger charge is -2.14. The van der Waals surface area contributed by atoms with Crippen LogP contribution in [0.3, 0.4) is 0 Å². The van der Waals surface area contributed by atoms with Gasteiger partial charge in [-0.25, -0.2) is 18.9 Å². The van der Waals surface area contributed by atoms with Crippen molar-refractivity contribution in [1.29, 1.82) is 0 Å². The highest BCUT2D eigenvalue weighted by Gasteiger charge is 2.29. The third kappa shape index (κ3) is 5.12. The summed E-state index contributed by atoms with van der Waals surface area (Å²) in [5, 5.41) is 7.92. The van der Waals surface area contributed by atoms with E-state index in [-0.39, 0.29) is 29.7 Å². The molecule has 0 aliphatic carbocycles. The molecule has 190 valence electrons. The largest absolute Gasteiger partial charge is 0.462 e. The molecule has 3 heterocycles. The molecule has 1 N–H and O–H groups in total. The number of carbonyl (C=O) groups is 2. The molecule has 1 aliphatic heterocycles. The van der Waals surface area contributed by atoms with E-state index in [0.29, 0.717) is 45.5 Å². The van der Waals surface area contributed by atoms with Gasteiger partial charge in [0, 0.05) is 17.9 Å². The fourth-order valence-corrected chi connectivity index (χ4v) is 5.19. The number of esters is 1. The number of unbranched alkanes of at least 4 members (excludes halogenated alkanes) is 1. The third-order valence-corrected chi connectivity index (χ3v) is 7.10. The van der Waals surface area contributed by atoms with Gasteiger partial charge in [0.15, 0.2) is 10.8 Å². The van der Waals surface area contributed by atoms with Crippen molar-refractivity contribution in [2.45, 2.75) is 37.4 Å². The quantitative estimate of drug-likeness (QED) is 0.209. The number of nitrogens with zero attached hydrogens (tertiary/aromatic N) is 4. The zero-order valence-electron chi connectivity index (χ0n) is 20.0. The number of carbonyl (C=O) groups excluding carboxylic acids is 2. The maximum absolute atomic E-state index is 13.3. The number of hydrogen-bond acceptors (Lipinski definition) is 7. The van der Waals surface area contributed by atoms with Crippen LogP contribution in [0.4, 0.5) is 10.1 Å². The minimum Gasteiger partial charge on any atom is -0.462 e. The van der Waals surface area contributed by atoms with Crippen LogP contribution >= 0.6 is 11.8 Å². The lowest BCUT2D eigenvalue weighted by atomic mass is 10.2. The maximum Gasteiger partial charge on any atom is 0.338 e. The monoisotopic (exact) mass is 521 g/mol. The second-order valence-corrected chi connectivity index (χ2v) is 9.61. The molecule has 0 spiro atoms. The van der Waals surface area contributed by atoms with Gasteiger partial charge in [-0.1, -0.05) is 25.1 Å². The summed E-state index contributed by atoms with van der Waals surface area (Å²) in [6.45, 7) is 2.40. The molecule has 2 aromatic heterocycles. The Hall–Kier alpha value is -3.99. The highest BCUT2D eigenvalue weighted by Crippen LogP contribution is 2.33. The number of amides is 1. The van der Waals surface area contributed by atoms with Gasteiger partial charge in [-0.2, -0.15) is 5.10 Å². The smallest absolute Gasteiger partial charge is 0.338 e. The molecule has 37 heavy (non-hydrogen) atoms. The molecule has 5 rings (SSSR count). The van der Waals surface area contributed by atoms with E-state index in [2.05, 4.69) is 15.4 Å². The van der Waals surface area contributed by atoms with E-state index in [1.165, 1.54) is 34.8 Å². The minimum absolute atomic E-state index is 0.0833. The number of fused-ring (bicyclic) bond motifs is 2. The predicted molar refractivity (Wildman–Crippen MR) is 138 cm³/mol. The first-order valence-corrected chi connectivity index (χ1v) is 12.9. The topological polar surface area (TPSA) is 108 Å². The molecule has 1 atom stereocenters. The highest BCUT2D eigenvalue weighted by atomic mass is 32.2.